The lowest BCUT2D eigenvalue weighted by Crippen LogP contribution is -2.51. The van der Waals surface area contributed by atoms with Gasteiger partial charge in [-0.2, -0.15) is 5.10 Å². The van der Waals surface area contributed by atoms with E-state index in [9.17, 15) is 14.0 Å². The Morgan fingerprint density at radius 2 is 1.76 bits per heavy atom. The lowest BCUT2D eigenvalue weighted by Gasteiger charge is -2.36. The van der Waals surface area contributed by atoms with Gasteiger partial charge in [-0.25, -0.2) is 9.07 Å². The van der Waals surface area contributed by atoms with Crippen LogP contribution in [0.1, 0.15) is 28.2 Å². The third-order valence-corrected chi connectivity index (χ3v) is 6.66. The van der Waals surface area contributed by atoms with Crippen molar-refractivity contribution in [1.29, 1.82) is 0 Å². The summed E-state index contributed by atoms with van der Waals surface area (Å²) in [7, 11) is 0. The Hall–Kier alpha value is -3.39. The van der Waals surface area contributed by atoms with E-state index in [2.05, 4.69) is 15.3 Å². The van der Waals surface area contributed by atoms with Gasteiger partial charge in [-0.15, -0.1) is 0 Å². The van der Waals surface area contributed by atoms with Gasteiger partial charge in [0.2, 0.25) is 5.91 Å². The van der Waals surface area contributed by atoms with Crippen molar-refractivity contribution in [2.24, 2.45) is 0 Å². The molecule has 0 unspecified atom stereocenters. The average Bonchev–Trinajstić information content (AvgIpc) is 3.46. The van der Waals surface area contributed by atoms with Gasteiger partial charge in [0.25, 0.3) is 5.91 Å². The molecule has 2 amide bonds. The molecule has 34 heavy (non-hydrogen) atoms. The number of carbonyl (C=O) groups is 2. The van der Waals surface area contributed by atoms with Crippen LogP contribution >= 0.6 is 11.6 Å². The first-order valence-corrected chi connectivity index (χ1v) is 11.8. The number of carbonyl (C=O) groups excluding carboxylic acids is 2. The van der Waals surface area contributed by atoms with Crippen molar-refractivity contribution in [2.75, 3.05) is 37.6 Å². The van der Waals surface area contributed by atoms with E-state index in [0.29, 0.717) is 42.6 Å². The van der Waals surface area contributed by atoms with Crippen molar-refractivity contribution in [3.63, 3.8) is 0 Å². The third-order valence-electron chi connectivity index (χ3n) is 6.42. The minimum Gasteiger partial charge on any atom is -0.368 e. The first-order chi connectivity index (χ1) is 16.5. The van der Waals surface area contributed by atoms with E-state index in [1.165, 1.54) is 12.1 Å². The molecule has 2 aliphatic rings. The van der Waals surface area contributed by atoms with Crippen LogP contribution in [0.4, 0.5) is 10.1 Å². The summed E-state index contributed by atoms with van der Waals surface area (Å²) in [6, 6.07) is 13.7. The topological polar surface area (TPSA) is 70.5 Å². The minimum atomic E-state index is -0.357. The summed E-state index contributed by atoms with van der Waals surface area (Å²) >= 11 is 6.09. The fourth-order valence-electron chi connectivity index (χ4n) is 4.65. The van der Waals surface area contributed by atoms with E-state index in [4.69, 9.17) is 11.6 Å². The van der Waals surface area contributed by atoms with Gasteiger partial charge in [0, 0.05) is 48.1 Å². The molecule has 7 nitrogen and oxygen atoms in total. The number of hydrogen-bond donors (Lipinski definition) is 1. The first-order valence-electron chi connectivity index (χ1n) is 11.4. The Morgan fingerprint density at radius 1 is 1.00 bits per heavy atom. The fraction of sp³-hybridized carbons (Fsp3) is 0.320. The molecule has 0 saturated carbocycles. The van der Waals surface area contributed by atoms with Crippen LogP contribution in [0.15, 0.2) is 48.5 Å². The summed E-state index contributed by atoms with van der Waals surface area (Å²) < 4.78 is 15.0. The molecule has 1 aliphatic carbocycles. The molecule has 0 atom stereocenters. The highest BCUT2D eigenvalue weighted by Gasteiger charge is 2.28. The quantitative estimate of drug-likeness (QED) is 0.607. The molecule has 1 fully saturated rings. The largest absolute Gasteiger partial charge is 0.368 e. The molecule has 2 heterocycles. The molecule has 0 radical (unpaired) electrons. The maximum Gasteiger partial charge on any atom is 0.272 e. The molecule has 176 valence electrons. The van der Waals surface area contributed by atoms with Crippen molar-refractivity contribution in [1.82, 2.24) is 20.0 Å². The Morgan fingerprint density at radius 3 is 2.50 bits per heavy atom. The van der Waals surface area contributed by atoms with Crippen molar-refractivity contribution in [3.8, 4) is 5.69 Å². The lowest BCUT2D eigenvalue weighted by molar-refractivity contribution is -0.130. The number of piperazine rings is 1. The maximum atomic E-state index is 13.3. The van der Waals surface area contributed by atoms with Crippen molar-refractivity contribution in [3.05, 3.63) is 76.3 Å². The molecule has 2 aromatic carbocycles. The van der Waals surface area contributed by atoms with Crippen molar-refractivity contribution in [2.45, 2.75) is 19.3 Å². The van der Waals surface area contributed by atoms with Crippen LogP contribution in [0.3, 0.4) is 0 Å². The summed E-state index contributed by atoms with van der Waals surface area (Å²) in [5.41, 5.74) is 3.98. The number of rotatable bonds is 5. The normalized spacial score (nSPS) is 15.4. The second-order valence-electron chi connectivity index (χ2n) is 8.55. The first kappa shape index (κ1) is 22.4. The van der Waals surface area contributed by atoms with Crippen molar-refractivity contribution < 1.29 is 14.0 Å². The predicted octanol–water partition coefficient (Wildman–Crippen LogP) is 3.23. The Kier molecular flexibility index (Phi) is 6.24. The van der Waals surface area contributed by atoms with Gasteiger partial charge in [-0.1, -0.05) is 17.7 Å². The van der Waals surface area contributed by atoms with E-state index in [1.54, 1.807) is 21.7 Å². The standard InChI is InChI=1S/C25H25ClFN5O2/c26-17-3-1-4-20(15-17)30-11-13-31(14-12-30)23(33)16-28-25(34)24-21-5-2-6-22(21)32(29-24)19-9-7-18(27)8-10-19/h1,3-4,7-10,15H,2,5-6,11-14,16H2,(H,28,34). The molecule has 0 bridgehead atoms. The number of halogens is 2. The fourth-order valence-corrected chi connectivity index (χ4v) is 4.84. The Balaban J connectivity index is 1.20. The number of amides is 2. The SMILES string of the molecule is O=C(NCC(=O)N1CCN(c2cccc(Cl)c2)CC1)c1nn(-c2ccc(F)cc2)c2c1CCC2. The second-order valence-corrected chi connectivity index (χ2v) is 8.98. The van der Waals surface area contributed by atoms with Gasteiger partial charge in [-0.3, -0.25) is 9.59 Å². The highest BCUT2D eigenvalue weighted by molar-refractivity contribution is 6.30. The van der Waals surface area contributed by atoms with Gasteiger partial charge in [-0.05, 0) is 61.7 Å². The highest BCUT2D eigenvalue weighted by atomic mass is 35.5. The summed E-state index contributed by atoms with van der Waals surface area (Å²) in [4.78, 5) is 29.6. The molecular weight excluding hydrogens is 457 g/mol. The smallest absolute Gasteiger partial charge is 0.272 e. The molecule has 1 N–H and O–H groups in total. The Bertz CT molecular complexity index is 1220. The molecule has 1 aromatic heterocycles. The van der Waals surface area contributed by atoms with E-state index in [0.717, 1.165) is 36.2 Å². The third kappa shape index (κ3) is 4.50. The lowest BCUT2D eigenvalue weighted by atomic mass is 10.2. The summed E-state index contributed by atoms with van der Waals surface area (Å²) in [6.07, 6.45) is 2.51. The molecule has 3 aromatic rings. The molecule has 1 aliphatic heterocycles. The van der Waals surface area contributed by atoms with Gasteiger partial charge in [0.15, 0.2) is 5.69 Å². The van der Waals surface area contributed by atoms with Crippen LogP contribution in [0.2, 0.25) is 5.02 Å². The highest BCUT2D eigenvalue weighted by Crippen LogP contribution is 2.28. The van der Waals surface area contributed by atoms with E-state index < -0.39 is 0 Å². The number of aromatic nitrogens is 2. The number of hydrogen-bond acceptors (Lipinski definition) is 4. The zero-order valence-electron chi connectivity index (χ0n) is 18.6. The predicted molar refractivity (Wildman–Crippen MR) is 128 cm³/mol. The number of nitrogens with zero attached hydrogens (tertiary/aromatic N) is 4. The van der Waals surface area contributed by atoms with Crippen molar-refractivity contribution >= 4 is 29.1 Å². The number of benzene rings is 2. The van der Waals surface area contributed by atoms with Gasteiger partial charge >= 0.3 is 0 Å². The number of nitrogens with one attached hydrogen (secondary N) is 1. The van der Waals surface area contributed by atoms with Gasteiger partial charge < -0.3 is 15.1 Å². The zero-order chi connectivity index (χ0) is 23.7. The van der Waals surface area contributed by atoms with Crippen LogP contribution in [-0.2, 0) is 17.6 Å². The monoisotopic (exact) mass is 481 g/mol. The molecule has 0 spiro atoms. The zero-order valence-corrected chi connectivity index (χ0v) is 19.4. The van der Waals surface area contributed by atoms with Crippen LogP contribution in [0.25, 0.3) is 5.69 Å². The average molecular weight is 482 g/mol. The van der Waals surface area contributed by atoms with Gasteiger partial charge in [0.1, 0.15) is 5.82 Å². The van der Waals surface area contributed by atoms with Crippen LogP contribution < -0.4 is 10.2 Å². The Labute approximate surface area is 202 Å². The minimum absolute atomic E-state index is 0.0752. The number of fused-ring (bicyclic) bond motifs is 1. The van der Waals surface area contributed by atoms with E-state index in [-0.39, 0.29) is 24.2 Å². The second kappa shape index (κ2) is 9.46. The molecular formula is C25H25ClFN5O2. The molecule has 9 heteroatoms. The summed E-state index contributed by atoms with van der Waals surface area (Å²) in [6.45, 7) is 2.49. The van der Waals surface area contributed by atoms with Crippen LogP contribution in [0.5, 0.6) is 0 Å². The molecule has 5 rings (SSSR count). The van der Waals surface area contributed by atoms with E-state index >= 15 is 0 Å². The van der Waals surface area contributed by atoms with Gasteiger partial charge in [0.05, 0.1) is 12.2 Å². The van der Waals surface area contributed by atoms with E-state index in [1.807, 2.05) is 24.3 Å². The van der Waals surface area contributed by atoms with Crippen LogP contribution in [-0.4, -0.2) is 59.2 Å². The summed E-state index contributed by atoms with van der Waals surface area (Å²) in [5, 5.41) is 7.95. The number of anilines is 1. The van der Waals surface area contributed by atoms with Crippen LogP contribution in [0, 0.1) is 5.82 Å². The summed E-state index contributed by atoms with van der Waals surface area (Å²) in [5.74, 6) is -0.795. The maximum absolute atomic E-state index is 13.3. The molecule has 1 saturated heterocycles.